The van der Waals surface area contributed by atoms with E-state index >= 15 is 0 Å². The fraction of sp³-hybridized carbons (Fsp3) is 0.333. The molecule has 2 aromatic carbocycles. The Morgan fingerprint density at radius 2 is 1.78 bits per heavy atom. The van der Waals surface area contributed by atoms with Crippen molar-refractivity contribution in [3.63, 3.8) is 0 Å². The van der Waals surface area contributed by atoms with E-state index in [0.29, 0.717) is 11.6 Å². The van der Waals surface area contributed by atoms with E-state index in [1.54, 1.807) is 13.2 Å². The standard InChI is InChI=1S/C18H22ClNO2.ClH/c1-13(11-14-7-9-15(22-2)10-8-14)20-12-18(21)16-5-3-4-6-17(16)19;/h3-10,13,18,20-21H,11-12H2,1-2H3;1H. The highest BCUT2D eigenvalue weighted by atomic mass is 35.5. The molecule has 2 unspecified atom stereocenters. The molecular formula is C18H23Cl2NO2. The molecular weight excluding hydrogens is 333 g/mol. The van der Waals surface area contributed by atoms with Crippen LogP contribution in [0.2, 0.25) is 5.02 Å². The van der Waals surface area contributed by atoms with Gasteiger partial charge in [-0.15, -0.1) is 12.4 Å². The van der Waals surface area contributed by atoms with E-state index in [1.165, 1.54) is 5.56 Å². The van der Waals surface area contributed by atoms with Gasteiger partial charge in [0.1, 0.15) is 5.75 Å². The van der Waals surface area contributed by atoms with E-state index in [2.05, 4.69) is 24.4 Å². The molecule has 0 saturated heterocycles. The van der Waals surface area contributed by atoms with Crippen LogP contribution in [0.1, 0.15) is 24.2 Å². The predicted molar refractivity (Wildman–Crippen MR) is 97.8 cm³/mol. The van der Waals surface area contributed by atoms with Crippen LogP contribution in [0, 0.1) is 0 Å². The molecule has 0 aromatic heterocycles. The number of hydrogen-bond acceptors (Lipinski definition) is 3. The molecule has 0 amide bonds. The maximum atomic E-state index is 10.2. The summed E-state index contributed by atoms with van der Waals surface area (Å²) in [5.41, 5.74) is 1.99. The first-order valence-corrected chi connectivity index (χ1v) is 7.76. The second kappa shape index (κ2) is 9.78. The number of hydrogen-bond donors (Lipinski definition) is 2. The summed E-state index contributed by atoms with van der Waals surface area (Å²) in [7, 11) is 1.66. The number of benzene rings is 2. The molecule has 0 spiro atoms. The SMILES string of the molecule is COc1ccc(CC(C)NCC(O)c2ccccc2Cl)cc1.Cl. The van der Waals surface area contributed by atoms with Crippen molar-refractivity contribution in [1.29, 1.82) is 0 Å². The van der Waals surface area contributed by atoms with Crippen LogP contribution < -0.4 is 10.1 Å². The number of aliphatic hydroxyl groups excluding tert-OH is 1. The summed E-state index contributed by atoms with van der Waals surface area (Å²) < 4.78 is 5.15. The first kappa shape index (κ1) is 19.8. The fourth-order valence-electron chi connectivity index (χ4n) is 2.36. The van der Waals surface area contributed by atoms with E-state index in [9.17, 15) is 5.11 Å². The van der Waals surface area contributed by atoms with E-state index < -0.39 is 6.10 Å². The monoisotopic (exact) mass is 355 g/mol. The zero-order valence-electron chi connectivity index (χ0n) is 13.3. The van der Waals surface area contributed by atoms with Crippen LogP contribution in [0.4, 0.5) is 0 Å². The van der Waals surface area contributed by atoms with Crippen molar-refractivity contribution in [2.24, 2.45) is 0 Å². The summed E-state index contributed by atoms with van der Waals surface area (Å²) in [5.74, 6) is 0.860. The highest BCUT2D eigenvalue weighted by Gasteiger charge is 2.12. The summed E-state index contributed by atoms with van der Waals surface area (Å²) >= 11 is 6.09. The Balaban J connectivity index is 0.00000264. The van der Waals surface area contributed by atoms with Crippen molar-refractivity contribution in [1.82, 2.24) is 5.32 Å². The molecule has 0 fully saturated rings. The Bertz CT molecular complexity index is 590. The van der Waals surface area contributed by atoms with E-state index in [-0.39, 0.29) is 18.4 Å². The molecule has 0 aliphatic carbocycles. The Labute approximate surface area is 149 Å². The summed E-state index contributed by atoms with van der Waals surface area (Å²) in [4.78, 5) is 0. The van der Waals surface area contributed by atoms with Crippen LogP contribution in [0.3, 0.4) is 0 Å². The number of aliphatic hydroxyl groups is 1. The summed E-state index contributed by atoms with van der Waals surface area (Å²) in [6.45, 7) is 2.57. The molecule has 0 aliphatic rings. The van der Waals surface area contributed by atoms with Crippen molar-refractivity contribution in [2.45, 2.75) is 25.5 Å². The molecule has 0 saturated carbocycles. The maximum absolute atomic E-state index is 10.2. The van der Waals surface area contributed by atoms with Gasteiger partial charge in [0.15, 0.2) is 0 Å². The van der Waals surface area contributed by atoms with Gasteiger partial charge in [0.2, 0.25) is 0 Å². The maximum Gasteiger partial charge on any atom is 0.118 e. The molecule has 23 heavy (non-hydrogen) atoms. The molecule has 0 heterocycles. The minimum absolute atomic E-state index is 0. The van der Waals surface area contributed by atoms with Crippen LogP contribution in [-0.4, -0.2) is 24.8 Å². The molecule has 0 bridgehead atoms. The molecule has 0 radical (unpaired) electrons. The van der Waals surface area contributed by atoms with Gasteiger partial charge in [-0.25, -0.2) is 0 Å². The lowest BCUT2D eigenvalue weighted by atomic mass is 10.1. The quantitative estimate of drug-likeness (QED) is 0.787. The molecule has 2 aromatic rings. The minimum atomic E-state index is -0.605. The van der Waals surface area contributed by atoms with Gasteiger partial charge in [0.05, 0.1) is 13.2 Å². The molecule has 0 aliphatic heterocycles. The van der Waals surface area contributed by atoms with Crippen LogP contribution in [0.25, 0.3) is 0 Å². The third-order valence-electron chi connectivity index (χ3n) is 3.62. The van der Waals surface area contributed by atoms with E-state index in [0.717, 1.165) is 17.7 Å². The zero-order chi connectivity index (χ0) is 15.9. The third-order valence-corrected chi connectivity index (χ3v) is 3.97. The molecule has 126 valence electrons. The number of rotatable bonds is 7. The van der Waals surface area contributed by atoms with E-state index in [1.807, 2.05) is 30.3 Å². The van der Waals surface area contributed by atoms with Crippen LogP contribution in [-0.2, 0) is 6.42 Å². The molecule has 2 N–H and O–H groups in total. The molecule has 2 atom stereocenters. The largest absolute Gasteiger partial charge is 0.497 e. The summed E-state index contributed by atoms with van der Waals surface area (Å²) in [6.07, 6.45) is 0.284. The van der Waals surface area contributed by atoms with Crippen molar-refractivity contribution >= 4 is 24.0 Å². The van der Waals surface area contributed by atoms with Crippen LogP contribution in [0.5, 0.6) is 5.75 Å². The average Bonchev–Trinajstić information content (AvgIpc) is 2.54. The van der Waals surface area contributed by atoms with Crippen LogP contribution in [0.15, 0.2) is 48.5 Å². The van der Waals surface area contributed by atoms with Gasteiger partial charge in [0, 0.05) is 23.2 Å². The second-order valence-electron chi connectivity index (χ2n) is 5.40. The average molecular weight is 356 g/mol. The Hall–Kier alpha value is -1.26. The van der Waals surface area contributed by atoms with Gasteiger partial charge >= 0.3 is 0 Å². The van der Waals surface area contributed by atoms with Gasteiger partial charge in [-0.1, -0.05) is 41.9 Å². The highest BCUT2D eigenvalue weighted by Crippen LogP contribution is 2.22. The molecule has 5 heteroatoms. The van der Waals surface area contributed by atoms with Crippen LogP contribution >= 0.6 is 24.0 Å². The number of nitrogens with one attached hydrogen (secondary N) is 1. The smallest absolute Gasteiger partial charge is 0.118 e. The van der Waals surface area contributed by atoms with Gasteiger partial charge in [-0.3, -0.25) is 0 Å². The van der Waals surface area contributed by atoms with E-state index in [4.69, 9.17) is 16.3 Å². The third kappa shape index (κ3) is 6.04. The van der Waals surface area contributed by atoms with Gasteiger partial charge in [-0.2, -0.15) is 0 Å². The fourth-order valence-corrected chi connectivity index (χ4v) is 2.62. The Morgan fingerprint density at radius 1 is 1.13 bits per heavy atom. The first-order valence-electron chi connectivity index (χ1n) is 7.39. The predicted octanol–water partition coefficient (Wildman–Crippen LogP) is 4.02. The van der Waals surface area contributed by atoms with Crippen molar-refractivity contribution < 1.29 is 9.84 Å². The lowest BCUT2D eigenvalue weighted by Gasteiger charge is -2.18. The summed E-state index contributed by atoms with van der Waals surface area (Å²) in [5, 5.41) is 14.2. The van der Waals surface area contributed by atoms with Crippen molar-refractivity contribution in [2.75, 3.05) is 13.7 Å². The minimum Gasteiger partial charge on any atom is -0.497 e. The lowest BCUT2D eigenvalue weighted by molar-refractivity contribution is 0.170. The number of halogens is 2. The normalized spacial score (nSPS) is 13.0. The first-order chi connectivity index (χ1) is 10.6. The van der Waals surface area contributed by atoms with Crippen molar-refractivity contribution in [3.05, 3.63) is 64.7 Å². The Morgan fingerprint density at radius 3 is 2.39 bits per heavy atom. The topological polar surface area (TPSA) is 41.5 Å². The molecule has 2 rings (SSSR count). The van der Waals surface area contributed by atoms with Gasteiger partial charge < -0.3 is 15.2 Å². The lowest BCUT2D eigenvalue weighted by Crippen LogP contribution is -2.32. The second-order valence-corrected chi connectivity index (χ2v) is 5.81. The zero-order valence-corrected chi connectivity index (χ0v) is 14.9. The van der Waals surface area contributed by atoms with Gasteiger partial charge in [-0.05, 0) is 37.1 Å². The summed E-state index contributed by atoms with van der Waals surface area (Å²) in [6, 6.07) is 15.7. The number of methoxy groups -OCH3 is 1. The molecule has 3 nitrogen and oxygen atoms in total. The Kier molecular flexibility index (Phi) is 8.42. The van der Waals surface area contributed by atoms with Gasteiger partial charge in [0.25, 0.3) is 0 Å². The van der Waals surface area contributed by atoms with Crippen molar-refractivity contribution in [3.8, 4) is 5.75 Å². The highest BCUT2D eigenvalue weighted by molar-refractivity contribution is 6.31. The number of ether oxygens (including phenoxy) is 1.